The number of nitrogens with one attached hydrogen (secondary N) is 2. The van der Waals surface area contributed by atoms with Crippen molar-refractivity contribution in [1.29, 1.82) is 0 Å². The van der Waals surface area contributed by atoms with Gasteiger partial charge in [0.1, 0.15) is 6.33 Å². The van der Waals surface area contributed by atoms with Gasteiger partial charge >= 0.3 is 5.97 Å². The smallest absolute Gasteiger partial charge is 0.306 e. The van der Waals surface area contributed by atoms with E-state index in [0.717, 1.165) is 0 Å². The highest BCUT2D eigenvalue weighted by molar-refractivity contribution is 5.71. The molecule has 3 N–H and O–H groups in total. The van der Waals surface area contributed by atoms with Crippen molar-refractivity contribution in [2.24, 2.45) is 5.92 Å². The third kappa shape index (κ3) is 1.61. The second kappa shape index (κ2) is 3.04. The van der Waals surface area contributed by atoms with Crippen LogP contribution in [0.2, 0.25) is 0 Å². The van der Waals surface area contributed by atoms with Gasteiger partial charge in [0.05, 0.1) is 5.92 Å². The largest absolute Gasteiger partial charge is 0.481 e. The van der Waals surface area contributed by atoms with Crippen LogP contribution in [0.5, 0.6) is 0 Å². The number of hydrogen-bond acceptors (Lipinski definition) is 4. The molecule has 0 unspecified atom stereocenters. The molecule has 1 fully saturated rings. The van der Waals surface area contributed by atoms with Gasteiger partial charge < -0.3 is 10.4 Å². The number of anilines is 1. The summed E-state index contributed by atoms with van der Waals surface area (Å²) >= 11 is 0. The van der Waals surface area contributed by atoms with Crippen molar-refractivity contribution in [3.8, 4) is 0 Å². The second-order valence-corrected chi connectivity index (χ2v) is 3.18. The molecule has 1 aromatic rings. The molecular formula is C7H10N4O2. The van der Waals surface area contributed by atoms with E-state index >= 15 is 0 Å². The van der Waals surface area contributed by atoms with E-state index in [-0.39, 0.29) is 12.0 Å². The van der Waals surface area contributed by atoms with Crippen LogP contribution < -0.4 is 5.32 Å². The Kier molecular flexibility index (Phi) is 1.88. The molecule has 6 nitrogen and oxygen atoms in total. The summed E-state index contributed by atoms with van der Waals surface area (Å²) < 4.78 is 0. The minimum absolute atomic E-state index is 0.194. The molecule has 1 heterocycles. The third-order valence-electron chi connectivity index (χ3n) is 2.24. The lowest BCUT2D eigenvalue weighted by molar-refractivity contribution is -0.144. The molecule has 0 bridgehead atoms. The monoisotopic (exact) mass is 182 g/mol. The molecule has 1 aliphatic carbocycles. The summed E-state index contributed by atoms with van der Waals surface area (Å²) in [5, 5.41) is 18.0. The van der Waals surface area contributed by atoms with Gasteiger partial charge in [-0.15, -0.1) is 0 Å². The fraction of sp³-hybridized carbons (Fsp3) is 0.571. The first-order chi connectivity index (χ1) is 6.25. The van der Waals surface area contributed by atoms with Crippen molar-refractivity contribution in [3.63, 3.8) is 0 Å². The van der Waals surface area contributed by atoms with Gasteiger partial charge in [0.2, 0.25) is 5.95 Å². The van der Waals surface area contributed by atoms with E-state index in [1.54, 1.807) is 0 Å². The van der Waals surface area contributed by atoms with Crippen LogP contribution in [0.1, 0.15) is 12.8 Å². The number of aromatic nitrogens is 3. The molecule has 6 heteroatoms. The van der Waals surface area contributed by atoms with Crippen LogP contribution in [0.15, 0.2) is 6.33 Å². The lowest BCUT2D eigenvalue weighted by Gasteiger charge is -2.32. The summed E-state index contributed by atoms with van der Waals surface area (Å²) in [7, 11) is 0. The Labute approximate surface area is 74.4 Å². The second-order valence-electron chi connectivity index (χ2n) is 3.18. The first kappa shape index (κ1) is 8.03. The van der Waals surface area contributed by atoms with Crippen LogP contribution in [0.3, 0.4) is 0 Å². The molecular weight excluding hydrogens is 172 g/mol. The highest BCUT2D eigenvalue weighted by Crippen LogP contribution is 2.29. The maximum Gasteiger partial charge on any atom is 0.306 e. The molecule has 1 aliphatic rings. The number of carboxylic acid groups (broad SMARTS) is 1. The van der Waals surface area contributed by atoms with Gasteiger partial charge in [0, 0.05) is 6.04 Å². The summed E-state index contributed by atoms with van der Waals surface area (Å²) in [5.41, 5.74) is 0. The van der Waals surface area contributed by atoms with Gasteiger partial charge in [-0.3, -0.25) is 4.79 Å². The summed E-state index contributed by atoms with van der Waals surface area (Å²) in [6.45, 7) is 0. The van der Waals surface area contributed by atoms with E-state index in [2.05, 4.69) is 20.5 Å². The lowest BCUT2D eigenvalue weighted by atomic mass is 9.80. The van der Waals surface area contributed by atoms with E-state index in [9.17, 15) is 4.79 Å². The molecule has 0 atom stereocenters. The number of rotatable bonds is 3. The van der Waals surface area contributed by atoms with Gasteiger partial charge in [0.15, 0.2) is 0 Å². The summed E-state index contributed by atoms with van der Waals surface area (Å²) in [6.07, 6.45) is 2.74. The van der Waals surface area contributed by atoms with Gasteiger partial charge in [-0.25, -0.2) is 10.1 Å². The number of aromatic amines is 1. The Hall–Kier alpha value is -1.59. The molecule has 70 valence electrons. The lowest BCUT2D eigenvalue weighted by Crippen LogP contribution is -2.39. The van der Waals surface area contributed by atoms with Crippen molar-refractivity contribution in [1.82, 2.24) is 15.2 Å². The molecule has 0 amide bonds. The highest BCUT2D eigenvalue weighted by Gasteiger charge is 2.34. The average Bonchev–Trinajstić information content (AvgIpc) is 2.46. The molecule has 0 spiro atoms. The van der Waals surface area contributed by atoms with Gasteiger partial charge in [-0.05, 0) is 12.8 Å². The van der Waals surface area contributed by atoms with E-state index < -0.39 is 5.97 Å². The number of aliphatic carboxylic acids is 1. The van der Waals surface area contributed by atoms with Crippen LogP contribution in [-0.2, 0) is 4.79 Å². The maximum absolute atomic E-state index is 10.5. The summed E-state index contributed by atoms with van der Waals surface area (Å²) in [4.78, 5) is 14.3. The van der Waals surface area contributed by atoms with E-state index in [4.69, 9.17) is 5.11 Å². The zero-order chi connectivity index (χ0) is 9.26. The number of nitrogens with zero attached hydrogens (tertiary/aromatic N) is 2. The number of carboxylic acids is 1. The predicted octanol–water partition coefficient (Wildman–Crippen LogP) is 0.0798. The van der Waals surface area contributed by atoms with Crippen LogP contribution in [0.4, 0.5) is 5.95 Å². The van der Waals surface area contributed by atoms with Gasteiger partial charge in [0.25, 0.3) is 0 Å². The third-order valence-corrected chi connectivity index (χ3v) is 2.24. The quantitative estimate of drug-likeness (QED) is 0.615. The molecule has 0 aromatic carbocycles. The average molecular weight is 182 g/mol. The minimum Gasteiger partial charge on any atom is -0.481 e. The molecule has 0 saturated heterocycles. The summed E-state index contributed by atoms with van der Waals surface area (Å²) in [6, 6.07) is 0.217. The normalized spacial score (nSPS) is 26.5. The van der Waals surface area contributed by atoms with Gasteiger partial charge in [-0.1, -0.05) is 0 Å². The zero-order valence-corrected chi connectivity index (χ0v) is 6.90. The van der Waals surface area contributed by atoms with E-state index in [0.29, 0.717) is 18.8 Å². The van der Waals surface area contributed by atoms with Crippen molar-refractivity contribution < 1.29 is 9.90 Å². The predicted molar refractivity (Wildman–Crippen MR) is 44.2 cm³/mol. The van der Waals surface area contributed by atoms with Crippen LogP contribution in [0.25, 0.3) is 0 Å². The fourth-order valence-corrected chi connectivity index (χ4v) is 1.41. The Morgan fingerprint density at radius 3 is 3.00 bits per heavy atom. The van der Waals surface area contributed by atoms with Crippen molar-refractivity contribution in [2.45, 2.75) is 18.9 Å². The molecule has 13 heavy (non-hydrogen) atoms. The number of hydrogen-bond donors (Lipinski definition) is 3. The van der Waals surface area contributed by atoms with Crippen LogP contribution in [-0.4, -0.2) is 32.3 Å². The molecule has 0 radical (unpaired) electrons. The van der Waals surface area contributed by atoms with Gasteiger partial charge in [-0.2, -0.15) is 5.10 Å². The molecule has 0 aliphatic heterocycles. The Morgan fingerprint density at radius 2 is 2.46 bits per heavy atom. The Bertz CT molecular complexity index is 291. The molecule has 2 rings (SSSR count). The number of H-pyrrole nitrogens is 1. The first-order valence-electron chi connectivity index (χ1n) is 4.10. The fourth-order valence-electron chi connectivity index (χ4n) is 1.41. The molecule has 1 aromatic heterocycles. The van der Waals surface area contributed by atoms with Crippen molar-refractivity contribution in [2.75, 3.05) is 5.32 Å². The van der Waals surface area contributed by atoms with Crippen LogP contribution in [0, 0.1) is 5.92 Å². The maximum atomic E-state index is 10.5. The number of carbonyl (C=O) groups is 1. The Morgan fingerprint density at radius 1 is 1.69 bits per heavy atom. The Balaban J connectivity index is 1.79. The standard InChI is InChI=1S/C7H10N4O2/c12-6(13)4-1-5(2-4)10-7-8-3-9-11-7/h3-5H,1-2H2,(H,12,13)(H2,8,9,10,11). The van der Waals surface area contributed by atoms with E-state index in [1.807, 2.05) is 0 Å². The van der Waals surface area contributed by atoms with Crippen molar-refractivity contribution >= 4 is 11.9 Å². The minimum atomic E-state index is -0.712. The first-order valence-corrected chi connectivity index (χ1v) is 4.10. The van der Waals surface area contributed by atoms with E-state index in [1.165, 1.54) is 6.33 Å². The highest BCUT2D eigenvalue weighted by atomic mass is 16.4. The SMILES string of the molecule is O=C(O)C1CC(Nc2ncn[nH]2)C1. The zero-order valence-electron chi connectivity index (χ0n) is 6.90. The van der Waals surface area contributed by atoms with Crippen molar-refractivity contribution in [3.05, 3.63) is 6.33 Å². The van der Waals surface area contributed by atoms with Crippen LogP contribution >= 0.6 is 0 Å². The summed E-state index contributed by atoms with van der Waals surface area (Å²) in [5.74, 6) is -0.301. The molecule has 1 saturated carbocycles. The topological polar surface area (TPSA) is 90.9 Å².